The molecule has 3 heterocycles. The molecule has 2 aromatic carbocycles. The maximum Gasteiger partial charge on any atom is 1.00 e. The van der Waals surface area contributed by atoms with Crippen molar-refractivity contribution in [2.45, 2.75) is 86.5 Å². The molecule has 2 aliphatic carbocycles. The Morgan fingerprint density at radius 2 is 1.35 bits per heavy atom. The number of rotatable bonds is 2. The van der Waals surface area contributed by atoms with Crippen LogP contribution in [0.3, 0.4) is 0 Å². The van der Waals surface area contributed by atoms with E-state index in [4.69, 9.17) is 14.0 Å². The van der Waals surface area contributed by atoms with Crippen molar-refractivity contribution < 1.29 is 74.9 Å². The van der Waals surface area contributed by atoms with E-state index >= 15 is 0 Å². The zero-order valence-corrected chi connectivity index (χ0v) is 26.7. The topological polar surface area (TPSA) is 61.8 Å². The Labute approximate surface area is 285 Å². The first kappa shape index (κ1) is 37.1. The minimum atomic E-state index is -1.67. The van der Waals surface area contributed by atoms with Gasteiger partial charge in [0.2, 0.25) is 0 Å². The molecule has 0 amide bonds. The summed E-state index contributed by atoms with van der Waals surface area (Å²) in [6.07, 6.45) is 10.3. The smallest absolute Gasteiger partial charge is 0.540 e. The molecule has 40 heavy (non-hydrogen) atoms. The molecule has 3 aliphatic heterocycles. The third kappa shape index (κ3) is 10.4. The van der Waals surface area contributed by atoms with Crippen molar-refractivity contribution in [1.82, 2.24) is 0 Å². The Kier molecular flexibility index (Phi) is 16.0. The van der Waals surface area contributed by atoms with Crippen LogP contribution in [0.5, 0.6) is 0 Å². The molecule has 1 atom stereocenters. The largest absolute Gasteiger partial charge is 1.00 e. The van der Waals surface area contributed by atoms with Gasteiger partial charge in [0.15, 0.2) is 5.78 Å². The molecule has 0 radical (unpaired) electrons. The molecular formula is C33H48BKO5. The molecule has 3 saturated heterocycles. The van der Waals surface area contributed by atoms with E-state index in [0.717, 1.165) is 63.8 Å². The third-order valence-electron chi connectivity index (χ3n) is 7.57. The van der Waals surface area contributed by atoms with Gasteiger partial charge in [-0.3, -0.25) is 9.59 Å². The van der Waals surface area contributed by atoms with Gasteiger partial charge in [0.05, 0.1) is 0 Å². The van der Waals surface area contributed by atoms with Crippen molar-refractivity contribution in [3.8, 4) is 0 Å². The number of allylic oxidation sites excluding steroid dienone is 2. The van der Waals surface area contributed by atoms with Gasteiger partial charge in [-0.2, -0.15) is 0 Å². The van der Waals surface area contributed by atoms with Gasteiger partial charge in [0.25, 0.3) is 0 Å². The average Bonchev–Trinajstić information content (AvgIpc) is 2.91. The first-order valence-corrected chi connectivity index (χ1v) is 13.7. The van der Waals surface area contributed by atoms with E-state index in [1.165, 1.54) is 23.1 Å². The van der Waals surface area contributed by atoms with Crippen LogP contribution in [0.1, 0.15) is 89.3 Å². The van der Waals surface area contributed by atoms with Crippen LogP contribution in [0.2, 0.25) is 0 Å². The summed E-state index contributed by atoms with van der Waals surface area (Å²) in [6.45, 7) is 6.79. The SMILES string of the molecule is C.C.Cc1ccc(C2CCCC(=O)C2)cc1.Cc1ccc([B-]23OCC(C)(CO2)CO3)cc1.O=C1C=CCCC1.[K+]. The Balaban J connectivity index is 0.000000308. The first-order valence-electron chi connectivity index (χ1n) is 13.7. The van der Waals surface area contributed by atoms with Crippen molar-refractivity contribution in [3.05, 3.63) is 77.4 Å². The molecule has 1 saturated carbocycles. The summed E-state index contributed by atoms with van der Waals surface area (Å²) >= 11 is 0. The van der Waals surface area contributed by atoms with Gasteiger partial charge >= 0.3 is 58.1 Å². The van der Waals surface area contributed by atoms with Crippen molar-refractivity contribution in [3.63, 3.8) is 0 Å². The van der Waals surface area contributed by atoms with E-state index < -0.39 is 6.75 Å². The Bertz CT molecular complexity index is 1070. The molecule has 5 nitrogen and oxygen atoms in total. The number of carbonyl (C=O) groups excluding carboxylic acids is 2. The van der Waals surface area contributed by atoms with E-state index in [1.807, 2.05) is 18.2 Å². The van der Waals surface area contributed by atoms with Gasteiger partial charge < -0.3 is 14.0 Å². The maximum atomic E-state index is 11.3. The molecule has 7 rings (SSSR count). The van der Waals surface area contributed by atoms with Crippen LogP contribution in [-0.4, -0.2) is 38.1 Å². The Morgan fingerprint density at radius 3 is 1.80 bits per heavy atom. The minimum Gasteiger partial charge on any atom is -0.540 e. The summed E-state index contributed by atoms with van der Waals surface area (Å²) < 4.78 is 17.4. The fourth-order valence-electron chi connectivity index (χ4n) is 5.13. The van der Waals surface area contributed by atoms with Crippen molar-refractivity contribution >= 4 is 23.8 Å². The molecule has 7 heteroatoms. The van der Waals surface area contributed by atoms with Crippen LogP contribution in [0.25, 0.3) is 0 Å². The monoisotopic (exact) mass is 574 g/mol. The predicted octanol–water partition coefficient (Wildman–Crippen LogP) is 4.02. The van der Waals surface area contributed by atoms with E-state index in [1.54, 1.807) is 6.08 Å². The molecule has 0 N–H and O–H groups in total. The number of aryl methyl sites for hydroxylation is 2. The molecular weight excluding hydrogens is 526 g/mol. The van der Waals surface area contributed by atoms with Crippen LogP contribution in [-0.2, 0) is 23.6 Å². The van der Waals surface area contributed by atoms with Gasteiger partial charge in [-0.05, 0) is 57.1 Å². The molecule has 214 valence electrons. The summed E-state index contributed by atoms with van der Waals surface area (Å²) in [5.74, 6) is 1.20. The summed E-state index contributed by atoms with van der Waals surface area (Å²) in [7, 11) is 0. The number of benzene rings is 2. The van der Waals surface area contributed by atoms with Crippen LogP contribution in [0.15, 0.2) is 60.7 Å². The number of Topliss-reactive ketones (excluding diaryl/α,β-unsaturated/α-hetero) is 1. The van der Waals surface area contributed by atoms with E-state index in [9.17, 15) is 9.59 Å². The molecule has 2 aromatic rings. The second kappa shape index (κ2) is 17.3. The van der Waals surface area contributed by atoms with Crippen LogP contribution in [0.4, 0.5) is 0 Å². The Hall–Kier alpha value is -0.899. The molecule has 1 unspecified atom stereocenters. The van der Waals surface area contributed by atoms with Crippen LogP contribution < -0.4 is 56.8 Å². The third-order valence-corrected chi connectivity index (χ3v) is 7.57. The van der Waals surface area contributed by atoms with Crippen LogP contribution >= 0.6 is 0 Å². The van der Waals surface area contributed by atoms with E-state index in [-0.39, 0.29) is 77.4 Å². The summed E-state index contributed by atoms with van der Waals surface area (Å²) in [5, 5.41) is 0. The second-order valence-corrected chi connectivity index (χ2v) is 11.3. The maximum absolute atomic E-state index is 11.3. The predicted molar refractivity (Wildman–Crippen MR) is 161 cm³/mol. The number of hydrogen-bond acceptors (Lipinski definition) is 5. The Morgan fingerprint density at radius 1 is 0.800 bits per heavy atom. The van der Waals surface area contributed by atoms with Crippen molar-refractivity contribution in [2.24, 2.45) is 5.41 Å². The zero-order valence-electron chi connectivity index (χ0n) is 23.5. The normalized spacial score (nSPS) is 26.4. The van der Waals surface area contributed by atoms with Gasteiger partial charge in [-0.1, -0.05) is 87.5 Å². The fourth-order valence-corrected chi connectivity index (χ4v) is 5.13. The summed E-state index contributed by atoms with van der Waals surface area (Å²) in [4.78, 5) is 21.7. The summed E-state index contributed by atoms with van der Waals surface area (Å²) in [6, 6.07) is 16.8. The fraction of sp³-hybridized carbons (Fsp3) is 0.515. The average molecular weight is 575 g/mol. The summed E-state index contributed by atoms with van der Waals surface area (Å²) in [5.41, 5.74) is 4.90. The van der Waals surface area contributed by atoms with Gasteiger partial charge in [0, 0.05) is 44.5 Å². The minimum absolute atomic E-state index is 0. The number of carbonyl (C=O) groups is 2. The first-order chi connectivity index (χ1) is 17.8. The molecule has 2 bridgehead atoms. The van der Waals surface area contributed by atoms with Crippen LogP contribution in [0, 0.1) is 19.3 Å². The standard InChI is InChI=1S/C13H16O.C12H16BO3.C6H8O.2CH4.K/c1-10-5-7-11(8-6-10)12-3-2-4-13(14)9-12;1-10-3-5-11(6-4-10)13-14-7-12(2,8-15-13)9-16-13;7-6-4-2-1-3-5-6;;;/h5-8,12H,2-4,9H2,1H3;3-6H,7-9H2,1-2H3;2,4H,1,3,5H2;2*1H4;/q;-1;;;;+1. The molecule has 4 fully saturated rings. The van der Waals surface area contributed by atoms with E-state index in [0.29, 0.717) is 11.7 Å². The second-order valence-electron chi connectivity index (χ2n) is 11.3. The van der Waals surface area contributed by atoms with Crippen molar-refractivity contribution in [2.75, 3.05) is 19.8 Å². The van der Waals surface area contributed by atoms with Gasteiger partial charge in [-0.25, -0.2) is 0 Å². The quantitative estimate of drug-likeness (QED) is 0.508. The number of ketones is 2. The molecule has 0 spiro atoms. The molecule has 5 aliphatic rings. The number of hydrogen-bond donors (Lipinski definition) is 0. The van der Waals surface area contributed by atoms with E-state index in [2.05, 4.69) is 57.2 Å². The number of fused-ring (bicyclic) bond motifs is 3. The zero-order chi connectivity index (χ0) is 26.3. The van der Waals surface area contributed by atoms with Crippen molar-refractivity contribution in [1.29, 1.82) is 0 Å². The molecule has 0 aromatic heterocycles. The van der Waals surface area contributed by atoms with Gasteiger partial charge in [-0.15, -0.1) is 5.46 Å². The van der Waals surface area contributed by atoms with Gasteiger partial charge in [0.1, 0.15) is 5.78 Å².